The van der Waals surface area contributed by atoms with Crippen LogP contribution < -0.4 is 10.2 Å². The summed E-state index contributed by atoms with van der Waals surface area (Å²) < 4.78 is 16.0. The molecule has 1 saturated heterocycles. The molecule has 2 aromatic heterocycles. The number of hydrogen-bond acceptors (Lipinski definition) is 6. The molecule has 122 valence electrons. The fraction of sp³-hybridized carbons (Fsp3) is 0.375. The van der Waals surface area contributed by atoms with Gasteiger partial charge < -0.3 is 18.8 Å². The van der Waals surface area contributed by atoms with Gasteiger partial charge >= 0.3 is 0 Å². The number of carbonyl (C=O) groups is 1. The van der Waals surface area contributed by atoms with Gasteiger partial charge in [0.05, 0.1) is 19.8 Å². The lowest BCUT2D eigenvalue weighted by atomic mass is 10.1. The van der Waals surface area contributed by atoms with Crippen LogP contribution in [0.1, 0.15) is 29.1 Å². The molecule has 0 saturated carbocycles. The maximum Gasteiger partial charge on any atom is 0.289 e. The van der Waals surface area contributed by atoms with E-state index >= 15 is 0 Å². The van der Waals surface area contributed by atoms with Gasteiger partial charge in [0.15, 0.2) is 5.76 Å². The molecule has 2 atom stereocenters. The van der Waals surface area contributed by atoms with Gasteiger partial charge in [0.25, 0.3) is 5.91 Å². The van der Waals surface area contributed by atoms with Crippen LogP contribution in [-0.4, -0.2) is 37.1 Å². The zero-order chi connectivity index (χ0) is 16.4. The van der Waals surface area contributed by atoms with Crippen LogP contribution in [0.15, 0.2) is 38.4 Å². The molecule has 0 N–H and O–H groups in total. The zero-order valence-electron chi connectivity index (χ0n) is 12.9. The van der Waals surface area contributed by atoms with Crippen LogP contribution in [0.3, 0.4) is 0 Å². The predicted molar refractivity (Wildman–Crippen MR) is 85.0 cm³/mol. The second-order valence-electron chi connectivity index (χ2n) is 5.38. The Balaban J connectivity index is 1.81. The van der Waals surface area contributed by atoms with Crippen molar-refractivity contribution in [3.63, 3.8) is 0 Å². The number of carbonyl (C=O) groups excluding carboxylic acids is 1. The highest BCUT2D eigenvalue weighted by Crippen LogP contribution is 2.27. The molecule has 3 heterocycles. The normalized spacial score (nSPS) is 21.2. The Morgan fingerprint density at radius 2 is 2.26 bits per heavy atom. The predicted octanol–water partition coefficient (Wildman–Crippen LogP) is 2.31. The van der Waals surface area contributed by atoms with Crippen LogP contribution in [0.2, 0.25) is 0 Å². The molecular formula is C16H17NO5S. The molecule has 0 radical (unpaired) electrons. The largest absolute Gasteiger partial charge is 0.490 e. The molecule has 2 aromatic rings. The SMILES string of the molecule is COc1coc(C(=O)N2C[C@@H](C)O[C@@H](c3ccsc3)C2)cc1=O. The minimum absolute atomic E-state index is 0.00830. The van der Waals surface area contributed by atoms with E-state index in [9.17, 15) is 9.59 Å². The average Bonchev–Trinajstić information content (AvgIpc) is 3.08. The van der Waals surface area contributed by atoms with Crippen LogP contribution in [-0.2, 0) is 4.74 Å². The molecular weight excluding hydrogens is 318 g/mol. The van der Waals surface area contributed by atoms with Gasteiger partial charge in [-0.2, -0.15) is 11.3 Å². The summed E-state index contributed by atoms with van der Waals surface area (Å²) in [6.07, 6.45) is 0.900. The Morgan fingerprint density at radius 1 is 1.43 bits per heavy atom. The van der Waals surface area contributed by atoms with Crippen molar-refractivity contribution < 1.29 is 18.7 Å². The quantitative estimate of drug-likeness (QED) is 0.861. The van der Waals surface area contributed by atoms with E-state index in [1.54, 1.807) is 16.2 Å². The number of methoxy groups -OCH3 is 1. The molecule has 0 unspecified atom stereocenters. The summed E-state index contributed by atoms with van der Waals surface area (Å²) in [5, 5.41) is 3.99. The van der Waals surface area contributed by atoms with Crippen molar-refractivity contribution in [3.05, 3.63) is 50.7 Å². The summed E-state index contributed by atoms with van der Waals surface area (Å²) in [5.74, 6) is -0.234. The monoisotopic (exact) mass is 335 g/mol. The van der Waals surface area contributed by atoms with Crippen LogP contribution in [0.5, 0.6) is 5.75 Å². The van der Waals surface area contributed by atoms with Crippen molar-refractivity contribution in [1.29, 1.82) is 0 Å². The molecule has 1 aliphatic rings. The number of ether oxygens (including phenoxy) is 2. The molecule has 23 heavy (non-hydrogen) atoms. The summed E-state index contributed by atoms with van der Waals surface area (Å²) in [4.78, 5) is 26.1. The number of hydrogen-bond donors (Lipinski definition) is 0. The van der Waals surface area contributed by atoms with Gasteiger partial charge in [0, 0.05) is 12.6 Å². The maximum atomic E-state index is 12.6. The molecule has 1 amide bonds. The van der Waals surface area contributed by atoms with E-state index in [1.807, 2.05) is 23.8 Å². The Labute approximate surface area is 137 Å². The highest BCUT2D eigenvalue weighted by molar-refractivity contribution is 7.07. The lowest BCUT2D eigenvalue weighted by molar-refractivity contribution is -0.0696. The van der Waals surface area contributed by atoms with Crippen molar-refractivity contribution in [2.45, 2.75) is 19.1 Å². The summed E-state index contributed by atoms with van der Waals surface area (Å²) in [6, 6.07) is 3.16. The van der Waals surface area contributed by atoms with E-state index in [0.717, 1.165) is 11.8 Å². The number of rotatable bonds is 3. The molecule has 0 aromatic carbocycles. The van der Waals surface area contributed by atoms with E-state index in [-0.39, 0.29) is 35.1 Å². The van der Waals surface area contributed by atoms with Gasteiger partial charge in [-0.05, 0) is 29.3 Å². The topological polar surface area (TPSA) is 69.0 Å². The maximum absolute atomic E-state index is 12.6. The number of thiophene rings is 1. The number of nitrogens with zero attached hydrogens (tertiary/aromatic N) is 1. The van der Waals surface area contributed by atoms with Crippen molar-refractivity contribution in [1.82, 2.24) is 4.90 Å². The third-order valence-corrected chi connectivity index (χ3v) is 4.39. The first kappa shape index (κ1) is 15.8. The molecule has 0 spiro atoms. The van der Waals surface area contributed by atoms with Gasteiger partial charge in [-0.1, -0.05) is 0 Å². The number of amides is 1. The summed E-state index contributed by atoms with van der Waals surface area (Å²) in [7, 11) is 1.38. The second kappa shape index (κ2) is 6.55. The lowest BCUT2D eigenvalue weighted by Gasteiger charge is -2.36. The first-order valence-electron chi connectivity index (χ1n) is 7.22. The fourth-order valence-electron chi connectivity index (χ4n) is 2.58. The van der Waals surface area contributed by atoms with Crippen molar-refractivity contribution in [2.24, 2.45) is 0 Å². The summed E-state index contributed by atoms with van der Waals surface area (Å²) >= 11 is 1.59. The molecule has 0 bridgehead atoms. The highest BCUT2D eigenvalue weighted by atomic mass is 32.1. The highest BCUT2D eigenvalue weighted by Gasteiger charge is 2.31. The van der Waals surface area contributed by atoms with E-state index in [2.05, 4.69) is 0 Å². The molecule has 7 heteroatoms. The smallest absolute Gasteiger partial charge is 0.289 e. The first-order chi connectivity index (χ1) is 11.1. The minimum Gasteiger partial charge on any atom is -0.490 e. The lowest BCUT2D eigenvalue weighted by Crippen LogP contribution is -2.46. The van der Waals surface area contributed by atoms with Crippen LogP contribution in [0.4, 0.5) is 0 Å². The zero-order valence-corrected chi connectivity index (χ0v) is 13.7. The van der Waals surface area contributed by atoms with Gasteiger partial charge in [-0.25, -0.2) is 0 Å². The number of morpholine rings is 1. The van der Waals surface area contributed by atoms with E-state index < -0.39 is 0 Å². The van der Waals surface area contributed by atoms with Crippen molar-refractivity contribution in [3.8, 4) is 5.75 Å². The van der Waals surface area contributed by atoms with Crippen molar-refractivity contribution in [2.75, 3.05) is 20.2 Å². The molecule has 1 aliphatic heterocycles. The van der Waals surface area contributed by atoms with E-state index in [1.165, 1.54) is 13.2 Å². The fourth-order valence-corrected chi connectivity index (χ4v) is 3.28. The van der Waals surface area contributed by atoms with E-state index in [4.69, 9.17) is 13.9 Å². The van der Waals surface area contributed by atoms with Crippen LogP contribution in [0, 0.1) is 0 Å². The average molecular weight is 335 g/mol. The molecule has 1 fully saturated rings. The summed E-state index contributed by atoms with van der Waals surface area (Å²) in [6.45, 7) is 2.80. The molecule has 0 aliphatic carbocycles. The second-order valence-corrected chi connectivity index (χ2v) is 6.16. The van der Waals surface area contributed by atoms with Gasteiger partial charge in [0.2, 0.25) is 11.2 Å². The van der Waals surface area contributed by atoms with E-state index in [0.29, 0.717) is 13.1 Å². The van der Waals surface area contributed by atoms with Gasteiger partial charge in [-0.3, -0.25) is 9.59 Å². The summed E-state index contributed by atoms with van der Waals surface area (Å²) in [5.41, 5.74) is 0.674. The third kappa shape index (κ3) is 3.30. The van der Waals surface area contributed by atoms with Crippen molar-refractivity contribution >= 4 is 17.2 Å². The van der Waals surface area contributed by atoms with Gasteiger partial charge in [-0.15, -0.1) is 0 Å². The molecule has 3 rings (SSSR count). The Hall–Kier alpha value is -2.12. The Kier molecular flexibility index (Phi) is 4.49. The third-order valence-electron chi connectivity index (χ3n) is 3.69. The minimum atomic E-state index is -0.377. The van der Waals surface area contributed by atoms with Gasteiger partial charge in [0.1, 0.15) is 12.4 Å². The Morgan fingerprint density at radius 3 is 2.91 bits per heavy atom. The first-order valence-corrected chi connectivity index (χ1v) is 8.16. The standard InChI is InChI=1S/C16H17NO5S/c1-10-6-17(7-14(22-10)11-3-4-23-9-11)16(19)13-5-12(18)15(20-2)8-21-13/h3-5,8-10,14H,6-7H2,1-2H3/t10-,14-/m1/s1. The molecule has 6 nitrogen and oxygen atoms in total. The van der Waals surface area contributed by atoms with Crippen LogP contribution in [0.25, 0.3) is 0 Å². The Bertz CT molecular complexity index is 739. The van der Waals surface area contributed by atoms with Crippen LogP contribution >= 0.6 is 11.3 Å².